The third kappa shape index (κ3) is 3.14. The summed E-state index contributed by atoms with van der Waals surface area (Å²) in [6.07, 6.45) is 10.4. The monoisotopic (exact) mass is 328 g/mol. The molecule has 24 heavy (non-hydrogen) atoms. The summed E-state index contributed by atoms with van der Waals surface area (Å²) in [4.78, 5) is 4.23. The van der Waals surface area contributed by atoms with Crippen LogP contribution in [0.5, 0.6) is 5.88 Å². The van der Waals surface area contributed by atoms with Gasteiger partial charge in [-0.1, -0.05) is 24.5 Å². The molecule has 1 saturated heterocycles. The van der Waals surface area contributed by atoms with Crippen molar-refractivity contribution in [1.82, 2.24) is 30.8 Å². The van der Waals surface area contributed by atoms with Gasteiger partial charge >= 0.3 is 0 Å². The summed E-state index contributed by atoms with van der Waals surface area (Å²) in [5.74, 6) is 1.29. The third-order valence-corrected chi connectivity index (χ3v) is 5.20. The van der Waals surface area contributed by atoms with Crippen molar-refractivity contribution in [3.05, 3.63) is 24.5 Å². The highest BCUT2D eigenvalue weighted by molar-refractivity contribution is 5.56. The second kappa shape index (κ2) is 6.86. The highest BCUT2D eigenvalue weighted by Crippen LogP contribution is 2.29. The molecule has 2 fully saturated rings. The van der Waals surface area contributed by atoms with Gasteiger partial charge in [-0.05, 0) is 24.8 Å². The van der Waals surface area contributed by atoms with Crippen LogP contribution in [0.4, 0.5) is 0 Å². The number of rotatable bonds is 4. The Morgan fingerprint density at radius 3 is 2.96 bits per heavy atom. The first-order valence-corrected chi connectivity index (χ1v) is 8.75. The van der Waals surface area contributed by atoms with E-state index in [0.29, 0.717) is 23.9 Å². The first-order valence-electron chi connectivity index (χ1n) is 8.75. The maximum absolute atomic E-state index is 5.09. The number of fused-ring (bicyclic) bond motifs is 1. The summed E-state index contributed by atoms with van der Waals surface area (Å²) in [6.45, 7) is 0.838. The quantitative estimate of drug-likeness (QED) is 0.891. The summed E-state index contributed by atoms with van der Waals surface area (Å²) in [6, 6.07) is 4.81. The van der Waals surface area contributed by atoms with Gasteiger partial charge in [-0.25, -0.2) is 4.98 Å². The normalized spacial score (nSPS) is 26.8. The molecule has 3 heterocycles. The standard InChI is InChI=1S/C17H24N6O/c1-24-17-8-7-12(9-18-17)15-10-23(22-21-15)11-16-13-5-3-2-4-6-14(13)19-20-16/h7-10,13-14,16,19-20H,2-6,11H2,1H3. The summed E-state index contributed by atoms with van der Waals surface area (Å²) < 4.78 is 7.03. The van der Waals surface area contributed by atoms with Gasteiger partial charge in [0.2, 0.25) is 5.88 Å². The van der Waals surface area contributed by atoms with E-state index in [0.717, 1.165) is 17.8 Å². The number of methoxy groups -OCH3 is 1. The van der Waals surface area contributed by atoms with E-state index in [4.69, 9.17) is 4.74 Å². The van der Waals surface area contributed by atoms with Crippen molar-refractivity contribution in [3.63, 3.8) is 0 Å². The molecular weight excluding hydrogens is 304 g/mol. The van der Waals surface area contributed by atoms with Crippen LogP contribution in [0, 0.1) is 5.92 Å². The van der Waals surface area contributed by atoms with Crippen LogP contribution < -0.4 is 15.6 Å². The molecule has 0 radical (unpaired) electrons. The van der Waals surface area contributed by atoms with Crippen LogP contribution >= 0.6 is 0 Å². The van der Waals surface area contributed by atoms with Crippen molar-refractivity contribution in [3.8, 4) is 17.1 Å². The molecule has 0 aromatic carbocycles. The predicted molar refractivity (Wildman–Crippen MR) is 90.2 cm³/mol. The lowest BCUT2D eigenvalue weighted by Gasteiger charge is -2.20. The molecule has 1 aliphatic carbocycles. The molecule has 1 aliphatic heterocycles. The van der Waals surface area contributed by atoms with Gasteiger partial charge in [-0.2, -0.15) is 0 Å². The summed E-state index contributed by atoms with van der Waals surface area (Å²) in [7, 11) is 1.61. The largest absolute Gasteiger partial charge is 0.481 e. The zero-order valence-corrected chi connectivity index (χ0v) is 14.0. The molecule has 2 aliphatic rings. The first-order chi connectivity index (χ1) is 11.8. The van der Waals surface area contributed by atoms with E-state index in [2.05, 4.69) is 26.1 Å². The second-order valence-electron chi connectivity index (χ2n) is 6.72. The van der Waals surface area contributed by atoms with Gasteiger partial charge in [0.05, 0.1) is 19.9 Å². The number of ether oxygens (including phenoxy) is 1. The lowest BCUT2D eigenvalue weighted by molar-refractivity contribution is 0.344. The van der Waals surface area contributed by atoms with E-state index in [1.54, 1.807) is 13.3 Å². The van der Waals surface area contributed by atoms with Gasteiger partial charge in [0.25, 0.3) is 0 Å². The zero-order valence-electron chi connectivity index (χ0n) is 14.0. The lowest BCUT2D eigenvalue weighted by atomic mass is 9.90. The zero-order chi connectivity index (χ0) is 16.4. The fourth-order valence-electron chi connectivity index (χ4n) is 3.87. The Morgan fingerprint density at radius 1 is 1.21 bits per heavy atom. The van der Waals surface area contributed by atoms with Crippen LogP contribution in [0.25, 0.3) is 11.3 Å². The van der Waals surface area contributed by atoms with Crippen molar-refractivity contribution in [2.24, 2.45) is 5.92 Å². The van der Waals surface area contributed by atoms with Crippen LogP contribution in [0.15, 0.2) is 24.5 Å². The molecule has 2 N–H and O–H groups in total. The maximum atomic E-state index is 5.09. The molecule has 4 rings (SSSR count). The van der Waals surface area contributed by atoms with Gasteiger partial charge in [-0.15, -0.1) is 5.10 Å². The maximum Gasteiger partial charge on any atom is 0.212 e. The van der Waals surface area contributed by atoms with Crippen LogP contribution in [-0.4, -0.2) is 39.2 Å². The van der Waals surface area contributed by atoms with Gasteiger partial charge in [0.15, 0.2) is 0 Å². The molecule has 1 saturated carbocycles. The van der Waals surface area contributed by atoms with Crippen molar-refractivity contribution in [1.29, 1.82) is 0 Å². The first kappa shape index (κ1) is 15.5. The molecule has 0 amide bonds. The van der Waals surface area contributed by atoms with E-state index in [1.165, 1.54) is 32.1 Å². The Bertz CT molecular complexity index is 670. The number of aromatic nitrogens is 4. The van der Waals surface area contributed by atoms with Gasteiger partial charge in [0.1, 0.15) is 5.69 Å². The van der Waals surface area contributed by atoms with E-state index in [1.807, 2.05) is 23.0 Å². The number of nitrogens with zero attached hydrogens (tertiary/aromatic N) is 4. The minimum atomic E-state index is 0.414. The molecule has 2 aromatic heterocycles. The molecule has 2 aromatic rings. The van der Waals surface area contributed by atoms with Crippen LogP contribution in [-0.2, 0) is 6.54 Å². The number of hydrogen-bond donors (Lipinski definition) is 2. The molecule has 3 unspecified atom stereocenters. The van der Waals surface area contributed by atoms with Crippen molar-refractivity contribution in [2.45, 2.75) is 50.7 Å². The van der Waals surface area contributed by atoms with E-state index >= 15 is 0 Å². The van der Waals surface area contributed by atoms with Crippen molar-refractivity contribution < 1.29 is 4.74 Å². The van der Waals surface area contributed by atoms with Gasteiger partial charge < -0.3 is 4.74 Å². The smallest absolute Gasteiger partial charge is 0.212 e. The molecule has 7 heteroatoms. The average Bonchev–Trinajstić information content (AvgIpc) is 3.16. The fraction of sp³-hybridized carbons (Fsp3) is 0.588. The summed E-state index contributed by atoms with van der Waals surface area (Å²) >= 11 is 0. The molecule has 3 atom stereocenters. The third-order valence-electron chi connectivity index (χ3n) is 5.20. The van der Waals surface area contributed by atoms with E-state index in [9.17, 15) is 0 Å². The lowest BCUT2D eigenvalue weighted by Crippen LogP contribution is -2.36. The van der Waals surface area contributed by atoms with Crippen LogP contribution in [0.2, 0.25) is 0 Å². The minimum Gasteiger partial charge on any atom is -0.481 e. The topological polar surface area (TPSA) is 76.9 Å². The van der Waals surface area contributed by atoms with Crippen LogP contribution in [0.3, 0.4) is 0 Å². The highest BCUT2D eigenvalue weighted by Gasteiger charge is 2.36. The SMILES string of the molecule is COc1ccc(-c2cn(CC3NNC4CCCCCC43)nn2)cn1. The highest BCUT2D eigenvalue weighted by atomic mass is 16.5. The van der Waals surface area contributed by atoms with Gasteiger partial charge in [0, 0.05) is 29.9 Å². The van der Waals surface area contributed by atoms with Gasteiger partial charge in [-0.3, -0.25) is 15.5 Å². The number of nitrogens with one attached hydrogen (secondary N) is 2. The Kier molecular flexibility index (Phi) is 4.44. The molecule has 7 nitrogen and oxygen atoms in total. The van der Waals surface area contributed by atoms with Crippen molar-refractivity contribution >= 4 is 0 Å². The molecule has 128 valence electrons. The average molecular weight is 328 g/mol. The molecule has 0 bridgehead atoms. The second-order valence-corrected chi connectivity index (χ2v) is 6.72. The predicted octanol–water partition coefficient (Wildman–Crippen LogP) is 1.77. The van der Waals surface area contributed by atoms with Crippen molar-refractivity contribution in [2.75, 3.05) is 7.11 Å². The minimum absolute atomic E-state index is 0.414. The number of pyridine rings is 1. The summed E-state index contributed by atoms with van der Waals surface area (Å²) in [5, 5.41) is 8.59. The molecule has 0 spiro atoms. The Balaban J connectivity index is 1.45. The van der Waals surface area contributed by atoms with E-state index < -0.39 is 0 Å². The Morgan fingerprint density at radius 2 is 2.12 bits per heavy atom. The summed E-state index contributed by atoms with van der Waals surface area (Å²) in [5.41, 5.74) is 8.75. The molecular formula is C17H24N6O. The van der Waals surface area contributed by atoms with E-state index in [-0.39, 0.29) is 0 Å². The number of hydrogen-bond acceptors (Lipinski definition) is 6. The number of hydrazine groups is 1. The van der Waals surface area contributed by atoms with Crippen LogP contribution in [0.1, 0.15) is 32.1 Å². The Labute approximate surface area is 141 Å². The fourth-order valence-corrected chi connectivity index (χ4v) is 3.87. The Hall–Kier alpha value is -1.99.